The minimum Gasteiger partial charge on any atom is -0.398 e. The monoisotopic (exact) mass is 303 g/mol. The van der Waals surface area contributed by atoms with E-state index in [9.17, 15) is 8.42 Å². The molecule has 0 saturated heterocycles. The molecule has 0 bridgehead atoms. The molecular weight excluding hydrogens is 286 g/mol. The molecule has 1 fully saturated rings. The first-order chi connectivity index (χ1) is 9.95. The third-order valence-corrected chi connectivity index (χ3v) is 4.67. The molecule has 1 aliphatic carbocycles. The average Bonchev–Trinajstić information content (AvgIpc) is 3.17. The molecular formula is C15H17N3O2S. The van der Waals surface area contributed by atoms with Crippen molar-refractivity contribution in [2.45, 2.75) is 23.3 Å². The highest BCUT2D eigenvalue weighted by Crippen LogP contribution is 2.42. The molecule has 0 aliphatic heterocycles. The molecule has 1 aliphatic rings. The maximum Gasteiger partial charge on any atom is 0.240 e. The van der Waals surface area contributed by atoms with Gasteiger partial charge < -0.3 is 11.1 Å². The van der Waals surface area contributed by atoms with Gasteiger partial charge in [0.05, 0.1) is 5.69 Å². The first-order valence-corrected chi connectivity index (χ1v) is 8.23. The van der Waals surface area contributed by atoms with Crippen LogP contribution in [0.15, 0.2) is 53.4 Å². The van der Waals surface area contributed by atoms with E-state index in [4.69, 9.17) is 10.9 Å². The number of nitrogen functional groups attached to an aromatic ring is 1. The molecule has 6 heteroatoms. The fourth-order valence-electron chi connectivity index (χ4n) is 2.53. The van der Waals surface area contributed by atoms with Crippen LogP contribution in [0.4, 0.5) is 11.4 Å². The van der Waals surface area contributed by atoms with Crippen molar-refractivity contribution in [2.75, 3.05) is 11.1 Å². The Kier molecular flexibility index (Phi) is 3.35. The molecule has 0 radical (unpaired) electrons. The number of sulfonamides is 1. The number of hydrogen-bond acceptors (Lipinski definition) is 4. The van der Waals surface area contributed by atoms with Gasteiger partial charge >= 0.3 is 0 Å². The number of benzene rings is 2. The number of nitrogens with two attached hydrogens (primary N) is 2. The molecule has 110 valence electrons. The number of rotatable bonds is 4. The maximum atomic E-state index is 11.3. The quantitative estimate of drug-likeness (QED) is 0.751. The molecule has 5 nitrogen and oxygen atoms in total. The van der Waals surface area contributed by atoms with Crippen molar-refractivity contribution in [1.82, 2.24) is 0 Å². The van der Waals surface area contributed by atoms with E-state index >= 15 is 0 Å². The van der Waals surface area contributed by atoms with Crippen molar-refractivity contribution >= 4 is 21.4 Å². The highest BCUT2D eigenvalue weighted by molar-refractivity contribution is 7.89. The molecule has 2 aromatic carbocycles. The lowest BCUT2D eigenvalue weighted by molar-refractivity contribution is 0.598. The lowest BCUT2D eigenvalue weighted by Gasteiger charge is -2.09. The van der Waals surface area contributed by atoms with Crippen LogP contribution in [0.1, 0.15) is 17.9 Å². The fourth-order valence-corrected chi connectivity index (χ4v) is 3.18. The van der Waals surface area contributed by atoms with E-state index in [1.54, 1.807) is 12.1 Å². The third-order valence-electron chi connectivity index (χ3n) is 3.69. The van der Waals surface area contributed by atoms with Gasteiger partial charge in [-0.25, -0.2) is 13.6 Å². The fraction of sp³-hybridized carbons (Fsp3) is 0.200. The first-order valence-electron chi connectivity index (χ1n) is 6.69. The van der Waals surface area contributed by atoms with E-state index in [1.165, 1.54) is 11.6 Å². The van der Waals surface area contributed by atoms with Crippen molar-refractivity contribution in [2.24, 2.45) is 5.14 Å². The Hall–Kier alpha value is -2.05. The van der Waals surface area contributed by atoms with Gasteiger partial charge in [0.1, 0.15) is 4.90 Å². The number of anilines is 2. The van der Waals surface area contributed by atoms with Gasteiger partial charge in [-0.05, 0) is 30.2 Å². The van der Waals surface area contributed by atoms with Crippen LogP contribution in [-0.2, 0) is 10.0 Å². The highest BCUT2D eigenvalue weighted by atomic mass is 32.2. The Morgan fingerprint density at radius 1 is 1.10 bits per heavy atom. The number of hydrogen-bond donors (Lipinski definition) is 3. The van der Waals surface area contributed by atoms with Crippen LogP contribution in [-0.4, -0.2) is 14.5 Å². The number of primary sulfonamides is 1. The lowest BCUT2D eigenvalue weighted by Crippen LogP contribution is -2.14. The van der Waals surface area contributed by atoms with Crippen LogP contribution >= 0.6 is 0 Å². The summed E-state index contributed by atoms with van der Waals surface area (Å²) in [7, 11) is -3.77. The van der Waals surface area contributed by atoms with Crippen molar-refractivity contribution in [1.29, 1.82) is 0 Å². The zero-order chi connectivity index (χ0) is 15.0. The van der Waals surface area contributed by atoms with Gasteiger partial charge in [0, 0.05) is 17.6 Å². The van der Waals surface area contributed by atoms with Crippen LogP contribution in [0.25, 0.3) is 0 Å². The zero-order valence-corrected chi connectivity index (χ0v) is 12.2. The van der Waals surface area contributed by atoms with Gasteiger partial charge in [-0.3, -0.25) is 0 Å². The van der Waals surface area contributed by atoms with E-state index in [0.717, 1.165) is 12.1 Å². The van der Waals surface area contributed by atoms with Gasteiger partial charge in [0.2, 0.25) is 10.0 Å². The molecule has 2 atom stereocenters. The summed E-state index contributed by atoms with van der Waals surface area (Å²) < 4.78 is 22.6. The van der Waals surface area contributed by atoms with E-state index < -0.39 is 10.0 Å². The predicted octanol–water partition coefficient (Wildman–Crippen LogP) is 1.88. The van der Waals surface area contributed by atoms with E-state index in [2.05, 4.69) is 17.4 Å². The van der Waals surface area contributed by atoms with Crippen LogP contribution in [0.3, 0.4) is 0 Å². The molecule has 0 spiro atoms. The van der Waals surface area contributed by atoms with Gasteiger partial charge in [-0.1, -0.05) is 30.3 Å². The first kappa shape index (κ1) is 13.9. The molecule has 2 aromatic rings. The van der Waals surface area contributed by atoms with Crippen molar-refractivity contribution in [3.05, 3.63) is 54.1 Å². The Morgan fingerprint density at radius 3 is 2.43 bits per heavy atom. The second-order valence-electron chi connectivity index (χ2n) is 5.30. The molecule has 5 N–H and O–H groups in total. The molecule has 0 heterocycles. The van der Waals surface area contributed by atoms with Crippen LogP contribution in [0.2, 0.25) is 0 Å². The summed E-state index contributed by atoms with van der Waals surface area (Å²) in [6, 6.07) is 15.4. The summed E-state index contributed by atoms with van der Waals surface area (Å²) >= 11 is 0. The lowest BCUT2D eigenvalue weighted by atomic mass is 10.1. The van der Waals surface area contributed by atoms with Crippen LogP contribution in [0, 0.1) is 0 Å². The van der Waals surface area contributed by atoms with Gasteiger partial charge in [0.25, 0.3) is 0 Å². The molecule has 3 rings (SSSR count). The Labute approximate surface area is 124 Å². The second kappa shape index (κ2) is 5.05. The van der Waals surface area contributed by atoms with E-state index in [0.29, 0.717) is 12.0 Å². The Morgan fingerprint density at radius 2 is 1.81 bits per heavy atom. The van der Waals surface area contributed by atoms with Crippen LogP contribution in [0.5, 0.6) is 0 Å². The van der Waals surface area contributed by atoms with E-state index in [-0.39, 0.29) is 10.6 Å². The minimum atomic E-state index is -3.77. The zero-order valence-electron chi connectivity index (χ0n) is 11.4. The SMILES string of the molecule is Nc1cc(NC2CC2c2ccccc2)ccc1S(N)(=O)=O. The highest BCUT2D eigenvalue weighted by Gasteiger charge is 2.38. The van der Waals surface area contributed by atoms with E-state index in [1.807, 2.05) is 18.2 Å². The summed E-state index contributed by atoms with van der Waals surface area (Å²) in [6.07, 6.45) is 1.06. The van der Waals surface area contributed by atoms with Gasteiger partial charge in [-0.2, -0.15) is 0 Å². The summed E-state index contributed by atoms with van der Waals surface area (Å²) in [5.74, 6) is 0.491. The van der Waals surface area contributed by atoms with Crippen LogP contribution < -0.4 is 16.2 Å². The molecule has 1 saturated carbocycles. The Balaban J connectivity index is 1.72. The molecule has 21 heavy (non-hydrogen) atoms. The molecule has 0 amide bonds. The third kappa shape index (κ3) is 3.01. The predicted molar refractivity (Wildman–Crippen MR) is 83.4 cm³/mol. The second-order valence-corrected chi connectivity index (χ2v) is 6.83. The summed E-state index contributed by atoms with van der Waals surface area (Å²) in [6.45, 7) is 0. The molecule has 2 unspecified atom stereocenters. The summed E-state index contributed by atoms with van der Waals surface area (Å²) in [5, 5.41) is 8.46. The summed E-state index contributed by atoms with van der Waals surface area (Å²) in [5.41, 5.74) is 8.03. The smallest absolute Gasteiger partial charge is 0.240 e. The average molecular weight is 303 g/mol. The largest absolute Gasteiger partial charge is 0.398 e. The normalized spacial score (nSPS) is 21.0. The standard InChI is InChI=1S/C15H17N3O2S/c16-13-8-11(6-7-15(13)21(17,19)20)18-14-9-12(14)10-4-2-1-3-5-10/h1-8,12,14,18H,9,16H2,(H2,17,19,20). The topological polar surface area (TPSA) is 98.2 Å². The van der Waals surface area contributed by atoms with Gasteiger partial charge in [-0.15, -0.1) is 0 Å². The molecule has 0 aromatic heterocycles. The van der Waals surface area contributed by atoms with Crippen molar-refractivity contribution < 1.29 is 8.42 Å². The van der Waals surface area contributed by atoms with Crippen molar-refractivity contribution in [3.8, 4) is 0 Å². The summed E-state index contributed by atoms with van der Waals surface area (Å²) in [4.78, 5) is -0.0385. The van der Waals surface area contributed by atoms with Crippen molar-refractivity contribution in [3.63, 3.8) is 0 Å². The maximum absolute atomic E-state index is 11.3. The Bertz CT molecular complexity index is 760. The minimum absolute atomic E-state index is 0.0385. The number of nitrogens with one attached hydrogen (secondary N) is 1. The van der Waals surface area contributed by atoms with Gasteiger partial charge in [0.15, 0.2) is 0 Å².